The zero-order chi connectivity index (χ0) is 19.4. The van der Waals surface area contributed by atoms with E-state index in [2.05, 4.69) is 0 Å². The van der Waals surface area contributed by atoms with Gasteiger partial charge in [0.25, 0.3) is 0 Å². The number of rotatable bonds is 5. The van der Waals surface area contributed by atoms with E-state index in [1.807, 2.05) is 24.8 Å². The first kappa shape index (κ1) is 18.7. The van der Waals surface area contributed by atoms with Crippen molar-refractivity contribution in [3.8, 4) is 5.75 Å². The average molecular weight is 393 g/mol. The lowest BCUT2D eigenvalue weighted by atomic mass is 10.0. The molecule has 4 rings (SSSR count). The smallest absolute Gasteiger partial charge is 0.247 e. The molecule has 1 aromatic rings. The topological polar surface area (TPSA) is 66.9 Å². The molecular weight excluding hydrogens is 364 g/mol. The van der Waals surface area contributed by atoms with E-state index in [1.165, 1.54) is 0 Å². The summed E-state index contributed by atoms with van der Waals surface area (Å²) < 4.78 is 34.6. The number of fused-ring (bicyclic) bond motifs is 1. The van der Waals surface area contributed by atoms with Crippen molar-refractivity contribution in [2.24, 2.45) is 0 Å². The second-order valence-corrected chi connectivity index (χ2v) is 10.5. The molecule has 0 radical (unpaired) electrons. The van der Waals surface area contributed by atoms with Crippen molar-refractivity contribution in [3.05, 3.63) is 23.8 Å². The molecule has 7 heteroatoms. The highest BCUT2D eigenvalue weighted by molar-refractivity contribution is 7.89. The highest BCUT2D eigenvalue weighted by Crippen LogP contribution is 2.42. The summed E-state index contributed by atoms with van der Waals surface area (Å²) in [5, 5.41) is 0. The van der Waals surface area contributed by atoms with E-state index in [9.17, 15) is 13.2 Å². The lowest BCUT2D eigenvalue weighted by Crippen LogP contribution is -2.45. The van der Waals surface area contributed by atoms with Gasteiger partial charge in [-0.05, 0) is 51.2 Å². The van der Waals surface area contributed by atoms with Gasteiger partial charge in [0.15, 0.2) is 0 Å². The first-order chi connectivity index (χ1) is 12.7. The largest absolute Gasteiger partial charge is 0.486 e. The van der Waals surface area contributed by atoms with Gasteiger partial charge in [-0.25, -0.2) is 8.42 Å². The Morgan fingerprint density at radius 2 is 2.04 bits per heavy atom. The van der Waals surface area contributed by atoms with Crippen molar-refractivity contribution >= 4 is 15.9 Å². The van der Waals surface area contributed by atoms with Gasteiger partial charge in [-0.15, -0.1) is 0 Å². The van der Waals surface area contributed by atoms with Crippen LogP contribution in [0.3, 0.4) is 0 Å². The Hall–Kier alpha value is -1.60. The monoisotopic (exact) mass is 392 g/mol. The molecule has 1 saturated carbocycles. The van der Waals surface area contributed by atoms with Crippen LogP contribution < -0.4 is 4.74 Å². The van der Waals surface area contributed by atoms with Gasteiger partial charge in [-0.3, -0.25) is 4.79 Å². The molecule has 27 heavy (non-hydrogen) atoms. The summed E-state index contributed by atoms with van der Waals surface area (Å²) in [5.74, 6) is 0.534. The molecule has 0 aromatic heterocycles. The van der Waals surface area contributed by atoms with Crippen molar-refractivity contribution in [2.45, 2.75) is 75.5 Å². The minimum absolute atomic E-state index is 0.0347. The summed E-state index contributed by atoms with van der Waals surface area (Å²) in [6.45, 7) is 6.51. The number of benzene rings is 1. The number of nitrogens with zero attached hydrogens (tertiary/aromatic N) is 2. The van der Waals surface area contributed by atoms with Crippen molar-refractivity contribution in [1.29, 1.82) is 0 Å². The lowest BCUT2D eigenvalue weighted by Gasteiger charge is -2.30. The van der Waals surface area contributed by atoms with Crippen molar-refractivity contribution < 1.29 is 17.9 Å². The number of sulfonamides is 1. The van der Waals surface area contributed by atoms with Gasteiger partial charge in [0.1, 0.15) is 16.2 Å². The number of hydrogen-bond acceptors (Lipinski definition) is 4. The molecule has 0 N–H and O–H groups in total. The Labute approximate surface area is 161 Å². The summed E-state index contributed by atoms with van der Waals surface area (Å²) in [6.07, 6.45) is 4.36. The van der Waals surface area contributed by atoms with Crippen LogP contribution in [0.2, 0.25) is 0 Å². The molecule has 1 amide bonds. The second-order valence-electron chi connectivity index (χ2n) is 8.60. The maximum atomic E-state index is 13.5. The molecule has 148 valence electrons. The van der Waals surface area contributed by atoms with E-state index in [4.69, 9.17) is 4.74 Å². The Balaban J connectivity index is 1.62. The highest BCUT2D eigenvalue weighted by Gasteiger charge is 2.42. The van der Waals surface area contributed by atoms with Crippen LogP contribution in [0.15, 0.2) is 23.1 Å². The SMILES string of the molecule is CC(=O)N(CC1CCCN1S(=O)(=O)c1cccc2c1OC(C)(C)C2)C1CC1. The third-order valence-corrected chi connectivity index (χ3v) is 7.74. The summed E-state index contributed by atoms with van der Waals surface area (Å²) in [4.78, 5) is 14.1. The van der Waals surface area contributed by atoms with Gasteiger partial charge in [-0.1, -0.05) is 12.1 Å². The summed E-state index contributed by atoms with van der Waals surface area (Å²) >= 11 is 0. The van der Waals surface area contributed by atoms with Crippen molar-refractivity contribution in [2.75, 3.05) is 13.1 Å². The van der Waals surface area contributed by atoms with Crippen molar-refractivity contribution in [1.82, 2.24) is 9.21 Å². The average Bonchev–Trinajstić information content (AvgIpc) is 3.20. The van der Waals surface area contributed by atoms with Crippen LogP contribution in [0.4, 0.5) is 0 Å². The van der Waals surface area contributed by atoms with E-state index in [1.54, 1.807) is 23.4 Å². The molecule has 1 aromatic carbocycles. The van der Waals surface area contributed by atoms with Gasteiger partial charge in [0.2, 0.25) is 15.9 Å². The first-order valence-corrected chi connectivity index (χ1v) is 11.2. The van der Waals surface area contributed by atoms with Gasteiger partial charge in [0.05, 0.1) is 0 Å². The van der Waals surface area contributed by atoms with Crippen LogP contribution in [-0.2, 0) is 21.2 Å². The quantitative estimate of drug-likeness (QED) is 0.772. The Morgan fingerprint density at radius 1 is 1.30 bits per heavy atom. The lowest BCUT2D eigenvalue weighted by molar-refractivity contribution is -0.129. The van der Waals surface area contributed by atoms with Gasteiger partial charge in [-0.2, -0.15) is 4.31 Å². The van der Waals surface area contributed by atoms with Gasteiger partial charge >= 0.3 is 0 Å². The Morgan fingerprint density at radius 3 is 2.70 bits per heavy atom. The number of hydrogen-bond donors (Lipinski definition) is 0. The molecule has 3 aliphatic rings. The van der Waals surface area contributed by atoms with Crippen molar-refractivity contribution in [3.63, 3.8) is 0 Å². The molecule has 2 heterocycles. The fraction of sp³-hybridized carbons (Fsp3) is 0.650. The molecule has 0 spiro atoms. The summed E-state index contributed by atoms with van der Waals surface area (Å²) in [5.41, 5.74) is 0.552. The van der Waals surface area contributed by atoms with Crippen LogP contribution in [0.1, 0.15) is 52.0 Å². The predicted octanol–water partition coefficient (Wildman–Crippen LogP) is 2.56. The predicted molar refractivity (Wildman–Crippen MR) is 102 cm³/mol. The summed E-state index contributed by atoms with van der Waals surface area (Å²) in [6, 6.07) is 5.51. The maximum absolute atomic E-state index is 13.5. The third kappa shape index (κ3) is 3.47. The number of para-hydroxylation sites is 1. The minimum atomic E-state index is -3.67. The van der Waals surface area contributed by atoms with Crippen LogP contribution in [0.25, 0.3) is 0 Å². The van der Waals surface area contributed by atoms with Crippen LogP contribution in [-0.4, -0.2) is 54.3 Å². The molecule has 2 aliphatic heterocycles. The number of carbonyl (C=O) groups excluding carboxylic acids is 1. The maximum Gasteiger partial charge on any atom is 0.247 e. The Kier molecular flexibility index (Phi) is 4.50. The zero-order valence-electron chi connectivity index (χ0n) is 16.3. The number of carbonyl (C=O) groups is 1. The zero-order valence-corrected chi connectivity index (χ0v) is 17.1. The van der Waals surface area contributed by atoms with Crippen LogP contribution in [0, 0.1) is 0 Å². The normalized spacial score (nSPS) is 24.5. The highest BCUT2D eigenvalue weighted by atomic mass is 32.2. The van der Waals surface area contributed by atoms with Gasteiger partial charge in [0, 0.05) is 38.5 Å². The van der Waals surface area contributed by atoms with E-state index in [0.29, 0.717) is 25.3 Å². The van der Waals surface area contributed by atoms with E-state index in [0.717, 1.165) is 31.2 Å². The van der Waals surface area contributed by atoms with Crippen LogP contribution >= 0.6 is 0 Å². The first-order valence-electron chi connectivity index (χ1n) is 9.79. The molecule has 1 saturated heterocycles. The summed E-state index contributed by atoms with van der Waals surface area (Å²) in [7, 11) is -3.67. The van der Waals surface area contributed by atoms with E-state index < -0.39 is 15.6 Å². The number of ether oxygens (including phenoxy) is 1. The molecule has 1 atom stereocenters. The molecule has 1 aliphatic carbocycles. The molecule has 1 unspecified atom stereocenters. The number of amides is 1. The third-order valence-electron chi connectivity index (χ3n) is 5.76. The molecule has 2 fully saturated rings. The molecule has 0 bridgehead atoms. The second kappa shape index (κ2) is 6.48. The standard InChI is InChI=1S/C20H28N2O4S/c1-14(23)21(16-9-10-16)13-17-7-5-11-22(17)27(24,25)18-8-4-6-15-12-20(2,3)26-19(15)18/h4,6,8,16-17H,5,7,9-13H2,1-3H3. The Bertz CT molecular complexity index is 861. The fourth-order valence-corrected chi connectivity index (χ4v) is 6.22. The molecular formula is C20H28N2O4S. The van der Waals surface area contributed by atoms with E-state index in [-0.39, 0.29) is 22.9 Å². The fourth-order valence-electron chi connectivity index (χ4n) is 4.37. The minimum Gasteiger partial charge on any atom is -0.486 e. The molecule has 6 nitrogen and oxygen atoms in total. The van der Waals surface area contributed by atoms with Crippen LogP contribution in [0.5, 0.6) is 5.75 Å². The van der Waals surface area contributed by atoms with E-state index >= 15 is 0 Å². The van der Waals surface area contributed by atoms with Gasteiger partial charge < -0.3 is 9.64 Å².